The average Bonchev–Trinajstić information content (AvgIpc) is 2.65. The van der Waals surface area contributed by atoms with Crippen LogP contribution in [0.15, 0.2) is 18.3 Å². The van der Waals surface area contributed by atoms with E-state index in [0.29, 0.717) is 18.7 Å². The van der Waals surface area contributed by atoms with Crippen molar-refractivity contribution < 1.29 is 4.79 Å². The standard InChI is InChI=1S/C10H12ClN3O/c11-9-8(2-1-4-13-9)10(15)14-5-3-7(12)6-14/h1-2,4,7H,3,5-6,12H2/t7-/m0/s1. The van der Waals surface area contributed by atoms with Crippen LogP contribution in [0.5, 0.6) is 0 Å². The molecule has 0 aromatic carbocycles. The van der Waals surface area contributed by atoms with Crippen molar-refractivity contribution in [1.82, 2.24) is 9.88 Å². The average molecular weight is 226 g/mol. The van der Waals surface area contributed by atoms with E-state index in [2.05, 4.69) is 4.98 Å². The van der Waals surface area contributed by atoms with E-state index in [1.807, 2.05) is 0 Å². The van der Waals surface area contributed by atoms with Crippen molar-refractivity contribution in [3.63, 3.8) is 0 Å². The third-order valence-corrected chi connectivity index (χ3v) is 2.80. The van der Waals surface area contributed by atoms with Gasteiger partial charge in [-0.1, -0.05) is 11.6 Å². The molecule has 4 nitrogen and oxygen atoms in total. The summed E-state index contributed by atoms with van der Waals surface area (Å²) in [6.45, 7) is 1.30. The van der Waals surface area contributed by atoms with E-state index in [1.54, 1.807) is 23.2 Å². The maximum Gasteiger partial charge on any atom is 0.257 e. The van der Waals surface area contributed by atoms with Crippen molar-refractivity contribution in [3.8, 4) is 0 Å². The molecule has 1 aliphatic rings. The van der Waals surface area contributed by atoms with Crippen LogP contribution < -0.4 is 5.73 Å². The van der Waals surface area contributed by atoms with E-state index in [0.717, 1.165) is 6.42 Å². The second-order valence-electron chi connectivity index (χ2n) is 3.64. The van der Waals surface area contributed by atoms with E-state index in [1.165, 1.54) is 0 Å². The second-order valence-corrected chi connectivity index (χ2v) is 4.00. The fourth-order valence-corrected chi connectivity index (χ4v) is 1.89. The quantitative estimate of drug-likeness (QED) is 0.723. The highest BCUT2D eigenvalue weighted by Gasteiger charge is 2.25. The Balaban J connectivity index is 2.18. The zero-order valence-electron chi connectivity index (χ0n) is 8.19. The Kier molecular flexibility index (Phi) is 2.88. The molecule has 1 aromatic rings. The third kappa shape index (κ3) is 2.11. The van der Waals surface area contributed by atoms with Crippen LogP contribution in [-0.4, -0.2) is 34.9 Å². The molecule has 80 valence electrons. The fraction of sp³-hybridized carbons (Fsp3) is 0.400. The first-order valence-electron chi connectivity index (χ1n) is 4.84. The molecule has 1 amide bonds. The summed E-state index contributed by atoms with van der Waals surface area (Å²) in [5.41, 5.74) is 6.19. The van der Waals surface area contributed by atoms with Gasteiger partial charge in [0.25, 0.3) is 5.91 Å². The lowest BCUT2D eigenvalue weighted by Gasteiger charge is -2.15. The fourth-order valence-electron chi connectivity index (χ4n) is 1.69. The number of carbonyl (C=O) groups is 1. The van der Waals surface area contributed by atoms with Gasteiger partial charge in [-0.05, 0) is 18.6 Å². The number of likely N-dealkylation sites (tertiary alicyclic amines) is 1. The molecule has 0 spiro atoms. The van der Waals surface area contributed by atoms with Crippen molar-refractivity contribution >= 4 is 17.5 Å². The lowest BCUT2D eigenvalue weighted by Crippen LogP contribution is -2.32. The van der Waals surface area contributed by atoms with Gasteiger partial charge in [-0.2, -0.15) is 0 Å². The van der Waals surface area contributed by atoms with Gasteiger partial charge in [0, 0.05) is 25.3 Å². The van der Waals surface area contributed by atoms with Gasteiger partial charge in [0.2, 0.25) is 0 Å². The van der Waals surface area contributed by atoms with E-state index in [-0.39, 0.29) is 17.1 Å². The summed E-state index contributed by atoms with van der Waals surface area (Å²) < 4.78 is 0. The minimum Gasteiger partial charge on any atom is -0.337 e. The number of hydrogen-bond donors (Lipinski definition) is 1. The van der Waals surface area contributed by atoms with Crippen molar-refractivity contribution in [2.75, 3.05) is 13.1 Å². The molecule has 2 heterocycles. The Labute approximate surface area is 93.0 Å². The number of halogens is 1. The van der Waals surface area contributed by atoms with Crippen LogP contribution in [0.4, 0.5) is 0 Å². The molecule has 0 bridgehead atoms. The number of amides is 1. The van der Waals surface area contributed by atoms with Gasteiger partial charge in [0.15, 0.2) is 0 Å². The third-order valence-electron chi connectivity index (χ3n) is 2.50. The summed E-state index contributed by atoms with van der Waals surface area (Å²) in [7, 11) is 0. The molecule has 0 unspecified atom stereocenters. The Hall–Kier alpha value is -1.13. The van der Waals surface area contributed by atoms with Crippen molar-refractivity contribution in [2.45, 2.75) is 12.5 Å². The maximum atomic E-state index is 12.0. The Morgan fingerprint density at radius 2 is 2.47 bits per heavy atom. The molecular weight excluding hydrogens is 214 g/mol. The van der Waals surface area contributed by atoms with Gasteiger partial charge >= 0.3 is 0 Å². The topological polar surface area (TPSA) is 59.2 Å². The van der Waals surface area contributed by atoms with Crippen molar-refractivity contribution in [1.29, 1.82) is 0 Å². The Morgan fingerprint density at radius 1 is 1.67 bits per heavy atom. The molecular formula is C10H12ClN3O. The summed E-state index contributed by atoms with van der Waals surface area (Å²) in [5, 5.41) is 0.253. The monoisotopic (exact) mass is 225 g/mol. The van der Waals surface area contributed by atoms with E-state index < -0.39 is 0 Å². The highest BCUT2D eigenvalue weighted by molar-refractivity contribution is 6.32. The Morgan fingerprint density at radius 3 is 3.07 bits per heavy atom. The van der Waals surface area contributed by atoms with Gasteiger partial charge in [0.05, 0.1) is 5.56 Å². The van der Waals surface area contributed by atoms with Gasteiger partial charge < -0.3 is 10.6 Å². The molecule has 0 saturated carbocycles. The summed E-state index contributed by atoms with van der Waals surface area (Å²) >= 11 is 5.84. The summed E-state index contributed by atoms with van der Waals surface area (Å²) in [6, 6.07) is 3.47. The zero-order valence-corrected chi connectivity index (χ0v) is 8.94. The van der Waals surface area contributed by atoms with Crippen LogP contribution in [0.2, 0.25) is 5.15 Å². The number of nitrogens with zero attached hydrogens (tertiary/aromatic N) is 2. The molecule has 1 saturated heterocycles. The normalized spacial score (nSPS) is 20.7. The van der Waals surface area contributed by atoms with Crippen LogP contribution >= 0.6 is 11.6 Å². The first-order chi connectivity index (χ1) is 7.18. The first kappa shape index (κ1) is 10.4. The highest BCUT2D eigenvalue weighted by Crippen LogP contribution is 2.17. The van der Waals surface area contributed by atoms with Crippen LogP contribution in [0, 0.1) is 0 Å². The van der Waals surface area contributed by atoms with Crippen molar-refractivity contribution in [3.05, 3.63) is 29.0 Å². The van der Waals surface area contributed by atoms with E-state index >= 15 is 0 Å². The minimum absolute atomic E-state index is 0.0824. The number of aromatic nitrogens is 1. The van der Waals surface area contributed by atoms with E-state index in [4.69, 9.17) is 17.3 Å². The molecule has 0 aliphatic carbocycles. The second kappa shape index (κ2) is 4.16. The summed E-state index contributed by atoms with van der Waals surface area (Å²) in [5.74, 6) is -0.0824. The number of rotatable bonds is 1. The smallest absolute Gasteiger partial charge is 0.257 e. The predicted octanol–water partition coefficient (Wildman–Crippen LogP) is 0.908. The largest absolute Gasteiger partial charge is 0.337 e. The van der Waals surface area contributed by atoms with Gasteiger partial charge in [-0.15, -0.1) is 0 Å². The number of pyridine rings is 1. The lowest BCUT2D eigenvalue weighted by atomic mass is 10.2. The van der Waals surface area contributed by atoms with E-state index in [9.17, 15) is 4.79 Å². The molecule has 2 rings (SSSR count). The lowest BCUT2D eigenvalue weighted by molar-refractivity contribution is 0.0790. The molecule has 5 heteroatoms. The van der Waals surface area contributed by atoms with Gasteiger partial charge in [-0.3, -0.25) is 4.79 Å². The van der Waals surface area contributed by atoms with Crippen LogP contribution in [0.3, 0.4) is 0 Å². The molecule has 0 radical (unpaired) electrons. The maximum absolute atomic E-state index is 12.0. The molecule has 1 atom stereocenters. The highest BCUT2D eigenvalue weighted by atomic mass is 35.5. The molecule has 1 aliphatic heterocycles. The van der Waals surface area contributed by atoms with Crippen LogP contribution in [-0.2, 0) is 0 Å². The van der Waals surface area contributed by atoms with Gasteiger partial charge in [-0.25, -0.2) is 4.98 Å². The van der Waals surface area contributed by atoms with Crippen LogP contribution in [0.1, 0.15) is 16.8 Å². The number of carbonyl (C=O) groups excluding carboxylic acids is 1. The summed E-state index contributed by atoms with van der Waals surface area (Å²) in [4.78, 5) is 17.6. The molecule has 2 N–H and O–H groups in total. The molecule has 1 aromatic heterocycles. The van der Waals surface area contributed by atoms with Gasteiger partial charge in [0.1, 0.15) is 5.15 Å². The molecule has 1 fully saturated rings. The number of hydrogen-bond acceptors (Lipinski definition) is 3. The predicted molar refractivity (Wildman–Crippen MR) is 57.7 cm³/mol. The van der Waals surface area contributed by atoms with Crippen molar-refractivity contribution in [2.24, 2.45) is 5.73 Å². The van der Waals surface area contributed by atoms with Crippen LogP contribution in [0.25, 0.3) is 0 Å². The minimum atomic E-state index is -0.0824. The zero-order chi connectivity index (χ0) is 10.8. The first-order valence-corrected chi connectivity index (χ1v) is 5.21. The summed E-state index contributed by atoms with van der Waals surface area (Å²) in [6.07, 6.45) is 2.42. The molecule has 15 heavy (non-hydrogen) atoms. The SMILES string of the molecule is N[C@H]1CCN(C(=O)c2cccnc2Cl)C1. The number of nitrogens with two attached hydrogens (primary N) is 1. The Bertz CT molecular complexity index is 383.